The highest BCUT2D eigenvalue weighted by Gasteiger charge is 2.21. The minimum absolute atomic E-state index is 0.0571. The third-order valence-corrected chi connectivity index (χ3v) is 2.63. The minimum Gasteiger partial charge on any atom is -0.486 e. The Labute approximate surface area is 109 Å². The summed E-state index contributed by atoms with van der Waals surface area (Å²) < 4.78 is 57.5. The van der Waals surface area contributed by atoms with Crippen LogP contribution in [-0.2, 0) is 0 Å². The van der Waals surface area contributed by atoms with Crippen molar-refractivity contribution in [1.82, 2.24) is 5.32 Å². The van der Waals surface area contributed by atoms with E-state index in [2.05, 4.69) is 5.32 Å². The molecule has 6 heteroatoms. The summed E-state index contributed by atoms with van der Waals surface area (Å²) in [5.41, 5.74) is 0. The van der Waals surface area contributed by atoms with Gasteiger partial charge in [-0.25, -0.2) is 8.78 Å². The quantitative estimate of drug-likeness (QED) is 0.610. The van der Waals surface area contributed by atoms with E-state index in [9.17, 15) is 17.6 Å². The molecule has 0 heterocycles. The normalized spacial score (nSPS) is 12.5. The maximum Gasteiger partial charge on any atom is 0.203 e. The average molecular weight is 279 g/mol. The van der Waals surface area contributed by atoms with Crippen molar-refractivity contribution in [3.05, 3.63) is 29.3 Å². The lowest BCUT2D eigenvalue weighted by molar-refractivity contribution is 0.230. The lowest BCUT2D eigenvalue weighted by atomic mass is 10.2. The number of likely N-dealkylation sites (N-methyl/N-ethyl adjacent to an activating group) is 1. The van der Waals surface area contributed by atoms with Crippen LogP contribution in [0, 0.1) is 23.3 Å². The summed E-state index contributed by atoms with van der Waals surface area (Å²) in [4.78, 5) is 0. The van der Waals surface area contributed by atoms with Gasteiger partial charge in [0.05, 0.1) is 0 Å². The monoisotopic (exact) mass is 279 g/mol. The van der Waals surface area contributed by atoms with E-state index in [0.717, 1.165) is 12.8 Å². The molecule has 0 saturated carbocycles. The van der Waals surface area contributed by atoms with Crippen molar-refractivity contribution in [1.29, 1.82) is 0 Å². The highest BCUT2D eigenvalue weighted by Crippen LogP contribution is 2.26. The number of benzene rings is 1. The number of hydrogen-bond donors (Lipinski definition) is 1. The molecular formula is C13H17F4NO. The van der Waals surface area contributed by atoms with E-state index in [-0.39, 0.29) is 18.7 Å². The molecule has 0 saturated heterocycles. The van der Waals surface area contributed by atoms with E-state index in [1.165, 1.54) is 0 Å². The van der Waals surface area contributed by atoms with Gasteiger partial charge in [0.15, 0.2) is 17.4 Å². The summed E-state index contributed by atoms with van der Waals surface area (Å²) in [6.45, 7) is 4.44. The fourth-order valence-corrected chi connectivity index (χ4v) is 1.74. The minimum atomic E-state index is -1.51. The molecule has 0 fully saturated rings. The van der Waals surface area contributed by atoms with E-state index in [0.29, 0.717) is 6.54 Å². The molecule has 2 nitrogen and oxygen atoms in total. The summed E-state index contributed by atoms with van der Waals surface area (Å²) in [6.07, 6.45) is 1.58. The van der Waals surface area contributed by atoms with Crippen molar-refractivity contribution in [3.63, 3.8) is 0 Å². The van der Waals surface area contributed by atoms with Crippen LogP contribution in [0.25, 0.3) is 0 Å². The van der Waals surface area contributed by atoms with Crippen LogP contribution in [0.5, 0.6) is 5.75 Å². The van der Waals surface area contributed by atoms with Gasteiger partial charge >= 0.3 is 0 Å². The van der Waals surface area contributed by atoms with Crippen LogP contribution in [0.4, 0.5) is 17.6 Å². The standard InChI is InChI=1S/C13H17F4NO/c1-3-5-8(18-4-2)7-19-13-11(16)9(14)6-10(15)12(13)17/h6,8,18H,3-5,7H2,1-2H3. The number of nitrogens with one attached hydrogen (secondary N) is 1. The van der Waals surface area contributed by atoms with Gasteiger partial charge in [0.1, 0.15) is 6.61 Å². The van der Waals surface area contributed by atoms with E-state index in [1.807, 2.05) is 13.8 Å². The molecule has 1 atom stereocenters. The molecule has 1 N–H and O–H groups in total. The Bertz CT molecular complexity index is 393. The topological polar surface area (TPSA) is 21.3 Å². The van der Waals surface area contributed by atoms with Gasteiger partial charge in [0, 0.05) is 12.1 Å². The van der Waals surface area contributed by atoms with Crippen LogP contribution in [0.3, 0.4) is 0 Å². The molecule has 0 aliphatic rings. The van der Waals surface area contributed by atoms with Crippen LogP contribution in [0.15, 0.2) is 6.07 Å². The largest absolute Gasteiger partial charge is 0.486 e. The fraction of sp³-hybridized carbons (Fsp3) is 0.538. The second-order valence-corrected chi connectivity index (χ2v) is 4.15. The Morgan fingerprint density at radius 2 is 1.68 bits per heavy atom. The molecule has 108 valence electrons. The summed E-state index contributed by atoms with van der Waals surface area (Å²) >= 11 is 0. The van der Waals surface area contributed by atoms with Crippen LogP contribution in [-0.4, -0.2) is 19.2 Å². The van der Waals surface area contributed by atoms with E-state index < -0.39 is 29.0 Å². The van der Waals surface area contributed by atoms with E-state index >= 15 is 0 Å². The first-order valence-electron chi connectivity index (χ1n) is 6.20. The van der Waals surface area contributed by atoms with Gasteiger partial charge in [-0.15, -0.1) is 0 Å². The first kappa shape index (κ1) is 15.8. The lowest BCUT2D eigenvalue weighted by Gasteiger charge is -2.18. The second-order valence-electron chi connectivity index (χ2n) is 4.15. The van der Waals surface area contributed by atoms with Gasteiger partial charge in [0.2, 0.25) is 11.6 Å². The molecule has 0 radical (unpaired) electrons. The highest BCUT2D eigenvalue weighted by molar-refractivity contribution is 5.28. The van der Waals surface area contributed by atoms with Gasteiger partial charge in [0.25, 0.3) is 0 Å². The summed E-state index contributed by atoms with van der Waals surface area (Å²) in [7, 11) is 0. The summed E-state index contributed by atoms with van der Waals surface area (Å²) in [5.74, 6) is -6.96. The Morgan fingerprint density at radius 3 is 2.16 bits per heavy atom. The third kappa shape index (κ3) is 4.09. The van der Waals surface area contributed by atoms with Crippen LogP contribution in [0.2, 0.25) is 0 Å². The maximum absolute atomic E-state index is 13.3. The molecule has 0 bridgehead atoms. The molecule has 19 heavy (non-hydrogen) atoms. The van der Waals surface area contributed by atoms with Gasteiger partial charge in [-0.1, -0.05) is 20.3 Å². The maximum atomic E-state index is 13.3. The van der Waals surface area contributed by atoms with Crippen molar-refractivity contribution in [2.75, 3.05) is 13.2 Å². The Morgan fingerprint density at radius 1 is 1.11 bits per heavy atom. The van der Waals surface area contributed by atoms with E-state index in [4.69, 9.17) is 4.74 Å². The smallest absolute Gasteiger partial charge is 0.203 e. The molecular weight excluding hydrogens is 262 g/mol. The molecule has 1 unspecified atom stereocenters. The average Bonchev–Trinajstić information content (AvgIpc) is 2.37. The Hall–Kier alpha value is -1.30. The third-order valence-electron chi connectivity index (χ3n) is 2.63. The predicted octanol–water partition coefficient (Wildman–Crippen LogP) is 3.40. The Balaban J connectivity index is 2.81. The van der Waals surface area contributed by atoms with Crippen molar-refractivity contribution in [2.45, 2.75) is 32.7 Å². The molecule has 0 spiro atoms. The highest BCUT2D eigenvalue weighted by atomic mass is 19.2. The predicted molar refractivity (Wildman–Crippen MR) is 64.1 cm³/mol. The van der Waals surface area contributed by atoms with Crippen molar-refractivity contribution < 1.29 is 22.3 Å². The molecule has 0 amide bonds. The molecule has 1 aromatic carbocycles. The Kier molecular flexibility index (Phi) is 6.08. The summed E-state index contributed by atoms with van der Waals surface area (Å²) in [5, 5.41) is 3.06. The first-order chi connectivity index (χ1) is 9.01. The molecule has 0 aliphatic heterocycles. The molecule has 1 aromatic rings. The van der Waals surface area contributed by atoms with Crippen molar-refractivity contribution >= 4 is 0 Å². The zero-order chi connectivity index (χ0) is 14.4. The zero-order valence-electron chi connectivity index (χ0n) is 10.9. The number of rotatable bonds is 7. The van der Waals surface area contributed by atoms with Gasteiger partial charge < -0.3 is 10.1 Å². The van der Waals surface area contributed by atoms with Gasteiger partial charge in [-0.3, -0.25) is 0 Å². The van der Waals surface area contributed by atoms with Gasteiger partial charge in [-0.2, -0.15) is 8.78 Å². The second kappa shape index (κ2) is 7.33. The van der Waals surface area contributed by atoms with Crippen molar-refractivity contribution in [3.8, 4) is 5.75 Å². The van der Waals surface area contributed by atoms with Crippen LogP contribution < -0.4 is 10.1 Å². The van der Waals surface area contributed by atoms with Crippen LogP contribution in [0.1, 0.15) is 26.7 Å². The first-order valence-corrected chi connectivity index (χ1v) is 6.20. The number of hydrogen-bond acceptors (Lipinski definition) is 2. The molecule has 0 aromatic heterocycles. The zero-order valence-corrected chi connectivity index (χ0v) is 10.9. The number of ether oxygens (including phenoxy) is 1. The summed E-state index contributed by atoms with van der Waals surface area (Å²) in [6, 6.07) is 0.0332. The lowest BCUT2D eigenvalue weighted by Crippen LogP contribution is -2.34. The van der Waals surface area contributed by atoms with Crippen molar-refractivity contribution in [2.24, 2.45) is 0 Å². The fourth-order valence-electron chi connectivity index (χ4n) is 1.74. The van der Waals surface area contributed by atoms with Crippen LogP contribution >= 0.6 is 0 Å². The van der Waals surface area contributed by atoms with E-state index in [1.54, 1.807) is 0 Å². The van der Waals surface area contributed by atoms with Gasteiger partial charge in [-0.05, 0) is 13.0 Å². The SMILES string of the molecule is CCCC(COc1c(F)c(F)cc(F)c1F)NCC. The molecule has 1 rings (SSSR count). The molecule has 0 aliphatic carbocycles. The number of halogens is 4.